The molecule has 0 aliphatic heterocycles. The zero-order valence-corrected chi connectivity index (χ0v) is 13.3. The Hall–Kier alpha value is -3.09. The minimum atomic E-state index is 0.350. The molecule has 120 valence electrons. The van der Waals surface area contributed by atoms with E-state index < -0.39 is 0 Å². The number of rotatable bonds is 5. The van der Waals surface area contributed by atoms with Crippen LogP contribution in [0, 0.1) is 0 Å². The van der Waals surface area contributed by atoms with E-state index >= 15 is 0 Å². The van der Waals surface area contributed by atoms with Crippen molar-refractivity contribution in [3.05, 3.63) is 42.6 Å². The molecule has 4 aromatic rings. The van der Waals surface area contributed by atoms with Crippen LogP contribution in [0.1, 0.15) is 19.8 Å². The molecule has 7 nitrogen and oxygen atoms in total. The van der Waals surface area contributed by atoms with Crippen LogP contribution < -0.4 is 0 Å². The van der Waals surface area contributed by atoms with Gasteiger partial charge in [0.05, 0.1) is 11.7 Å². The molecule has 0 saturated heterocycles. The number of fused-ring (bicyclic) bond motifs is 1. The van der Waals surface area contributed by atoms with Crippen molar-refractivity contribution in [2.24, 2.45) is 0 Å². The van der Waals surface area contributed by atoms with Crippen LogP contribution in [0.3, 0.4) is 0 Å². The second-order valence-electron chi connectivity index (χ2n) is 5.52. The van der Waals surface area contributed by atoms with Crippen LogP contribution in [0.25, 0.3) is 34.1 Å². The van der Waals surface area contributed by atoms with Gasteiger partial charge >= 0.3 is 0 Å². The third-order valence-electron chi connectivity index (χ3n) is 3.74. The molecule has 0 radical (unpaired) electrons. The first-order chi connectivity index (χ1) is 11.8. The number of hydrogen-bond donors (Lipinski definition) is 0. The minimum Gasteiger partial charge on any atom is -0.413 e. The molecule has 0 N–H and O–H groups in total. The van der Waals surface area contributed by atoms with Crippen molar-refractivity contribution in [2.75, 3.05) is 0 Å². The molecule has 7 heteroatoms. The SMILES string of the molecule is CCCCn1cc(-c2nnc(-c3ccc4ccccc4n3)o2)nn1. The topological polar surface area (TPSA) is 82.5 Å². The summed E-state index contributed by atoms with van der Waals surface area (Å²) in [5.41, 5.74) is 2.11. The van der Waals surface area contributed by atoms with Crippen LogP contribution in [0.5, 0.6) is 0 Å². The Morgan fingerprint density at radius 3 is 2.67 bits per heavy atom. The molecule has 1 aromatic carbocycles. The molecule has 0 aliphatic carbocycles. The fourth-order valence-corrected chi connectivity index (χ4v) is 2.44. The lowest BCUT2D eigenvalue weighted by atomic mass is 10.2. The van der Waals surface area contributed by atoms with E-state index in [0.29, 0.717) is 23.2 Å². The predicted molar refractivity (Wildman–Crippen MR) is 89.0 cm³/mol. The molecular weight excluding hydrogens is 304 g/mol. The van der Waals surface area contributed by atoms with E-state index in [4.69, 9.17) is 4.42 Å². The molecule has 0 saturated carbocycles. The zero-order valence-electron chi connectivity index (χ0n) is 13.3. The molecule has 4 rings (SSSR count). The number of nitrogens with zero attached hydrogens (tertiary/aromatic N) is 6. The van der Waals surface area contributed by atoms with Gasteiger partial charge in [0.1, 0.15) is 5.69 Å². The normalized spacial score (nSPS) is 11.2. The highest BCUT2D eigenvalue weighted by Gasteiger charge is 2.14. The Bertz CT molecular complexity index is 974. The summed E-state index contributed by atoms with van der Waals surface area (Å²) in [7, 11) is 0. The summed E-state index contributed by atoms with van der Waals surface area (Å²) >= 11 is 0. The largest absolute Gasteiger partial charge is 0.413 e. The van der Waals surface area contributed by atoms with E-state index in [-0.39, 0.29) is 0 Å². The number of pyridine rings is 1. The number of para-hydroxylation sites is 1. The first-order valence-electron chi connectivity index (χ1n) is 7.93. The fraction of sp³-hybridized carbons (Fsp3) is 0.235. The maximum atomic E-state index is 5.72. The molecule has 0 unspecified atom stereocenters. The Kier molecular flexibility index (Phi) is 3.74. The lowest BCUT2D eigenvalue weighted by Crippen LogP contribution is -1.97. The summed E-state index contributed by atoms with van der Waals surface area (Å²) in [6, 6.07) is 11.8. The number of hydrogen-bond acceptors (Lipinski definition) is 6. The van der Waals surface area contributed by atoms with Gasteiger partial charge < -0.3 is 4.42 Å². The van der Waals surface area contributed by atoms with Gasteiger partial charge in [-0.25, -0.2) is 4.98 Å². The molecule has 0 atom stereocenters. The monoisotopic (exact) mass is 320 g/mol. The van der Waals surface area contributed by atoms with Crippen LogP contribution in [-0.2, 0) is 6.54 Å². The number of benzene rings is 1. The average molecular weight is 320 g/mol. The van der Waals surface area contributed by atoms with Crippen LogP contribution in [0.2, 0.25) is 0 Å². The zero-order chi connectivity index (χ0) is 16.4. The summed E-state index contributed by atoms with van der Waals surface area (Å²) in [5, 5.41) is 17.4. The summed E-state index contributed by atoms with van der Waals surface area (Å²) in [6.45, 7) is 2.97. The van der Waals surface area contributed by atoms with Crippen molar-refractivity contribution in [2.45, 2.75) is 26.3 Å². The van der Waals surface area contributed by atoms with Crippen molar-refractivity contribution in [3.63, 3.8) is 0 Å². The van der Waals surface area contributed by atoms with E-state index in [1.165, 1.54) is 0 Å². The van der Waals surface area contributed by atoms with Crippen LogP contribution in [0.4, 0.5) is 0 Å². The Balaban J connectivity index is 1.62. The minimum absolute atomic E-state index is 0.350. The molecule has 0 aliphatic rings. The van der Waals surface area contributed by atoms with E-state index in [1.54, 1.807) is 4.68 Å². The predicted octanol–water partition coefficient (Wildman–Crippen LogP) is 3.34. The summed E-state index contributed by atoms with van der Waals surface area (Å²) in [5.74, 6) is 0.724. The van der Waals surface area contributed by atoms with E-state index in [1.807, 2.05) is 42.6 Å². The van der Waals surface area contributed by atoms with E-state index in [2.05, 4.69) is 32.4 Å². The van der Waals surface area contributed by atoms with Crippen molar-refractivity contribution >= 4 is 10.9 Å². The molecule has 0 amide bonds. The van der Waals surface area contributed by atoms with Gasteiger partial charge in [-0.05, 0) is 18.6 Å². The first kappa shape index (κ1) is 14.5. The van der Waals surface area contributed by atoms with Crippen LogP contribution in [-0.4, -0.2) is 30.2 Å². The van der Waals surface area contributed by atoms with Gasteiger partial charge in [0.15, 0.2) is 5.69 Å². The van der Waals surface area contributed by atoms with Crippen molar-refractivity contribution in [1.82, 2.24) is 30.2 Å². The first-order valence-corrected chi connectivity index (χ1v) is 7.93. The Labute approximate surface area is 138 Å². The third-order valence-corrected chi connectivity index (χ3v) is 3.74. The standard InChI is InChI=1S/C17H16N6O/c1-2-3-10-23-11-15(19-22-23)17-21-20-16(24-17)14-9-8-12-6-4-5-7-13(12)18-14/h4-9,11H,2-3,10H2,1H3. The molecule has 0 spiro atoms. The highest BCUT2D eigenvalue weighted by Crippen LogP contribution is 2.23. The van der Waals surface area contributed by atoms with Gasteiger partial charge in [0.25, 0.3) is 11.8 Å². The lowest BCUT2D eigenvalue weighted by molar-refractivity contribution is 0.553. The molecular formula is C17H16N6O. The maximum absolute atomic E-state index is 5.72. The Morgan fingerprint density at radius 1 is 0.958 bits per heavy atom. The quantitative estimate of drug-likeness (QED) is 0.561. The number of aryl methyl sites for hydroxylation is 1. The van der Waals surface area contributed by atoms with Crippen molar-refractivity contribution in [3.8, 4) is 23.2 Å². The van der Waals surface area contributed by atoms with Gasteiger partial charge in [0, 0.05) is 11.9 Å². The van der Waals surface area contributed by atoms with Crippen molar-refractivity contribution < 1.29 is 4.42 Å². The maximum Gasteiger partial charge on any atom is 0.270 e. The molecule has 24 heavy (non-hydrogen) atoms. The molecule has 3 aromatic heterocycles. The van der Waals surface area contributed by atoms with Gasteiger partial charge in [-0.3, -0.25) is 4.68 Å². The molecule has 3 heterocycles. The summed E-state index contributed by atoms with van der Waals surface area (Å²) < 4.78 is 7.51. The van der Waals surface area contributed by atoms with Crippen LogP contribution in [0.15, 0.2) is 47.0 Å². The fourth-order valence-electron chi connectivity index (χ4n) is 2.44. The lowest BCUT2D eigenvalue weighted by Gasteiger charge is -1.98. The second kappa shape index (κ2) is 6.19. The van der Waals surface area contributed by atoms with Crippen LogP contribution >= 0.6 is 0 Å². The van der Waals surface area contributed by atoms with Gasteiger partial charge in [-0.2, -0.15) is 0 Å². The van der Waals surface area contributed by atoms with E-state index in [0.717, 1.165) is 30.3 Å². The summed E-state index contributed by atoms with van der Waals surface area (Å²) in [6.07, 6.45) is 3.98. The highest BCUT2D eigenvalue weighted by molar-refractivity contribution is 5.80. The molecule has 0 bridgehead atoms. The number of aromatic nitrogens is 6. The Morgan fingerprint density at radius 2 is 1.79 bits per heavy atom. The van der Waals surface area contributed by atoms with Gasteiger partial charge in [0.2, 0.25) is 0 Å². The van der Waals surface area contributed by atoms with E-state index in [9.17, 15) is 0 Å². The second-order valence-corrected chi connectivity index (χ2v) is 5.52. The highest BCUT2D eigenvalue weighted by atomic mass is 16.4. The smallest absolute Gasteiger partial charge is 0.270 e. The summed E-state index contributed by atoms with van der Waals surface area (Å²) in [4.78, 5) is 4.56. The van der Waals surface area contributed by atoms with Crippen molar-refractivity contribution in [1.29, 1.82) is 0 Å². The third kappa shape index (κ3) is 2.76. The number of unbranched alkanes of at least 4 members (excludes halogenated alkanes) is 1. The van der Waals surface area contributed by atoms with Gasteiger partial charge in [-0.1, -0.05) is 42.8 Å². The van der Waals surface area contributed by atoms with Gasteiger partial charge in [-0.15, -0.1) is 15.3 Å². The molecule has 0 fully saturated rings. The average Bonchev–Trinajstić information content (AvgIpc) is 3.29.